The second kappa shape index (κ2) is 6.35. The fourth-order valence-corrected chi connectivity index (χ4v) is 3.58. The molecule has 2 rings (SSSR count). The predicted molar refractivity (Wildman–Crippen MR) is 82.3 cm³/mol. The van der Waals surface area contributed by atoms with Gasteiger partial charge in [0.25, 0.3) is 0 Å². The Morgan fingerprint density at radius 3 is 3.00 bits per heavy atom. The summed E-state index contributed by atoms with van der Waals surface area (Å²) in [4.78, 5) is 12.8. The summed E-state index contributed by atoms with van der Waals surface area (Å²) in [5.74, 6) is 1.33. The molecular weight excluding hydrogens is 282 g/mol. The first kappa shape index (κ1) is 14.3. The molecule has 0 aromatic heterocycles. The van der Waals surface area contributed by atoms with Gasteiger partial charge in [0.2, 0.25) is 0 Å². The van der Waals surface area contributed by atoms with Gasteiger partial charge in [-0.3, -0.25) is 0 Å². The number of benzene rings is 1. The third-order valence-corrected chi connectivity index (χ3v) is 4.61. The number of halogens is 1. The first-order chi connectivity index (χ1) is 9.08. The Morgan fingerprint density at radius 2 is 2.37 bits per heavy atom. The number of nitrogens with zero attached hydrogens (tertiary/aromatic N) is 1. The van der Waals surface area contributed by atoms with Gasteiger partial charge < -0.3 is 10.0 Å². The molecule has 1 aliphatic heterocycles. The van der Waals surface area contributed by atoms with E-state index < -0.39 is 5.97 Å². The standard InChI is InChI=1S/C14H16ClNO2S/c1-16(12-6-7-19-9-12)13-8-11(15)4-2-10(13)3-5-14(17)18/h2-5,8,12H,6-7,9H2,1H3,(H,17,18)/b5-3+. The van der Waals surface area contributed by atoms with Gasteiger partial charge in [0.1, 0.15) is 0 Å². The molecule has 1 fully saturated rings. The van der Waals surface area contributed by atoms with Gasteiger partial charge in [0.15, 0.2) is 0 Å². The van der Waals surface area contributed by atoms with Crippen molar-refractivity contribution in [3.63, 3.8) is 0 Å². The van der Waals surface area contributed by atoms with E-state index in [9.17, 15) is 4.79 Å². The van der Waals surface area contributed by atoms with Gasteiger partial charge in [-0.1, -0.05) is 17.7 Å². The summed E-state index contributed by atoms with van der Waals surface area (Å²) in [6, 6.07) is 6.02. The zero-order valence-electron chi connectivity index (χ0n) is 10.7. The molecule has 0 amide bonds. The van der Waals surface area contributed by atoms with Crippen LogP contribution in [0.2, 0.25) is 5.02 Å². The summed E-state index contributed by atoms with van der Waals surface area (Å²) in [5.41, 5.74) is 1.86. The molecule has 0 bridgehead atoms. The third kappa shape index (κ3) is 3.67. The van der Waals surface area contributed by atoms with Crippen LogP contribution in [0.4, 0.5) is 5.69 Å². The van der Waals surface area contributed by atoms with Crippen LogP contribution in [-0.2, 0) is 4.79 Å². The number of anilines is 1. The monoisotopic (exact) mass is 297 g/mol. The van der Waals surface area contributed by atoms with Crippen molar-refractivity contribution in [2.24, 2.45) is 0 Å². The van der Waals surface area contributed by atoms with Crippen molar-refractivity contribution >= 4 is 41.1 Å². The van der Waals surface area contributed by atoms with E-state index in [1.807, 2.05) is 30.9 Å². The van der Waals surface area contributed by atoms with Crippen molar-refractivity contribution in [1.29, 1.82) is 0 Å². The van der Waals surface area contributed by atoms with Crippen molar-refractivity contribution in [3.05, 3.63) is 34.9 Å². The maximum atomic E-state index is 10.6. The van der Waals surface area contributed by atoms with Crippen molar-refractivity contribution in [2.45, 2.75) is 12.5 Å². The molecule has 0 saturated carbocycles. The first-order valence-electron chi connectivity index (χ1n) is 6.09. The molecule has 19 heavy (non-hydrogen) atoms. The molecular formula is C14H16ClNO2S. The number of aliphatic carboxylic acids is 1. The third-order valence-electron chi connectivity index (χ3n) is 3.23. The molecule has 1 aromatic carbocycles. The van der Waals surface area contributed by atoms with Gasteiger partial charge in [-0.25, -0.2) is 4.79 Å². The highest BCUT2D eigenvalue weighted by Gasteiger charge is 2.21. The minimum absolute atomic E-state index is 0.487. The van der Waals surface area contributed by atoms with Crippen molar-refractivity contribution in [2.75, 3.05) is 23.5 Å². The minimum Gasteiger partial charge on any atom is -0.478 e. The number of thioether (sulfide) groups is 1. The van der Waals surface area contributed by atoms with E-state index in [-0.39, 0.29) is 0 Å². The topological polar surface area (TPSA) is 40.5 Å². The lowest BCUT2D eigenvalue weighted by atomic mass is 10.1. The molecule has 1 unspecified atom stereocenters. The van der Waals surface area contributed by atoms with Crippen LogP contribution < -0.4 is 4.90 Å². The van der Waals surface area contributed by atoms with Gasteiger partial charge in [-0.05, 0) is 35.9 Å². The van der Waals surface area contributed by atoms with Crippen LogP contribution in [-0.4, -0.2) is 35.7 Å². The Bertz CT molecular complexity index is 498. The summed E-state index contributed by atoms with van der Waals surface area (Å²) in [6.45, 7) is 0. The first-order valence-corrected chi connectivity index (χ1v) is 7.62. The van der Waals surface area contributed by atoms with E-state index >= 15 is 0 Å². The fourth-order valence-electron chi connectivity index (χ4n) is 2.15. The molecule has 1 atom stereocenters. The lowest BCUT2D eigenvalue weighted by Gasteiger charge is -2.27. The number of hydrogen-bond acceptors (Lipinski definition) is 3. The second-order valence-electron chi connectivity index (χ2n) is 4.50. The molecule has 1 aromatic rings. The Labute approximate surface area is 122 Å². The summed E-state index contributed by atoms with van der Waals surface area (Å²) in [7, 11) is 2.04. The van der Waals surface area contributed by atoms with E-state index in [1.54, 1.807) is 12.1 Å². The Morgan fingerprint density at radius 1 is 1.58 bits per heavy atom. The van der Waals surface area contributed by atoms with Gasteiger partial charge in [-0.2, -0.15) is 11.8 Å². The van der Waals surface area contributed by atoms with Crippen LogP contribution in [0.1, 0.15) is 12.0 Å². The molecule has 0 aliphatic carbocycles. The van der Waals surface area contributed by atoms with Crippen molar-refractivity contribution in [3.8, 4) is 0 Å². The summed E-state index contributed by atoms with van der Waals surface area (Å²) in [5, 5.41) is 9.41. The molecule has 1 N–H and O–H groups in total. The van der Waals surface area contributed by atoms with E-state index in [0.29, 0.717) is 11.1 Å². The molecule has 1 saturated heterocycles. The van der Waals surface area contributed by atoms with Crippen LogP contribution in [0.5, 0.6) is 0 Å². The SMILES string of the molecule is CN(c1cc(Cl)ccc1/C=C/C(=O)O)C1CCSC1. The number of carbonyl (C=O) groups is 1. The van der Waals surface area contributed by atoms with Gasteiger partial charge in [0.05, 0.1) is 0 Å². The van der Waals surface area contributed by atoms with Crippen LogP contribution in [0.15, 0.2) is 24.3 Å². The number of carboxylic acids is 1. The van der Waals surface area contributed by atoms with Crippen LogP contribution >= 0.6 is 23.4 Å². The lowest BCUT2D eigenvalue weighted by molar-refractivity contribution is -0.131. The highest BCUT2D eigenvalue weighted by Crippen LogP contribution is 2.31. The average molecular weight is 298 g/mol. The Hall–Kier alpha value is -1.13. The highest BCUT2D eigenvalue weighted by molar-refractivity contribution is 7.99. The number of hydrogen-bond donors (Lipinski definition) is 1. The molecule has 3 nitrogen and oxygen atoms in total. The smallest absolute Gasteiger partial charge is 0.328 e. The van der Waals surface area contributed by atoms with Gasteiger partial charge in [0, 0.05) is 35.6 Å². The largest absolute Gasteiger partial charge is 0.478 e. The van der Waals surface area contributed by atoms with E-state index in [1.165, 1.54) is 5.75 Å². The molecule has 1 aliphatic rings. The molecule has 5 heteroatoms. The highest BCUT2D eigenvalue weighted by atomic mass is 35.5. The zero-order valence-corrected chi connectivity index (χ0v) is 12.2. The van der Waals surface area contributed by atoms with Gasteiger partial charge >= 0.3 is 5.97 Å². The Balaban J connectivity index is 2.30. The number of rotatable bonds is 4. The summed E-state index contributed by atoms with van der Waals surface area (Å²) in [6.07, 6.45) is 3.92. The predicted octanol–water partition coefficient (Wildman–Crippen LogP) is 3.38. The molecule has 1 heterocycles. The van der Waals surface area contributed by atoms with E-state index in [0.717, 1.165) is 29.5 Å². The van der Waals surface area contributed by atoms with Crippen LogP contribution in [0, 0.1) is 0 Å². The summed E-state index contributed by atoms with van der Waals surface area (Å²) >= 11 is 8.00. The van der Waals surface area contributed by atoms with Gasteiger partial charge in [-0.15, -0.1) is 0 Å². The van der Waals surface area contributed by atoms with Crippen molar-refractivity contribution in [1.82, 2.24) is 0 Å². The quantitative estimate of drug-likeness (QED) is 0.865. The van der Waals surface area contributed by atoms with E-state index in [2.05, 4.69) is 4.90 Å². The molecule has 0 radical (unpaired) electrons. The van der Waals surface area contributed by atoms with Crippen LogP contribution in [0.3, 0.4) is 0 Å². The molecule has 0 spiro atoms. The average Bonchev–Trinajstić information content (AvgIpc) is 2.90. The lowest BCUT2D eigenvalue weighted by Crippen LogP contribution is -2.31. The second-order valence-corrected chi connectivity index (χ2v) is 6.09. The maximum absolute atomic E-state index is 10.6. The minimum atomic E-state index is -0.944. The molecule has 102 valence electrons. The number of carboxylic acid groups (broad SMARTS) is 1. The van der Waals surface area contributed by atoms with E-state index in [4.69, 9.17) is 16.7 Å². The normalized spacial score (nSPS) is 18.9. The zero-order chi connectivity index (χ0) is 13.8. The van der Waals surface area contributed by atoms with Crippen LogP contribution in [0.25, 0.3) is 6.08 Å². The Kier molecular flexibility index (Phi) is 4.77. The van der Waals surface area contributed by atoms with Crippen molar-refractivity contribution < 1.29 is 9.90 Å². The summed E-state index contributed by atoms with van der Waals surface area (Å²) < 4.78 is 0. The maximum Gasteiger partial charge on any atom is 0.328 e. The fraction of sp³-hybridized carbons (Fsp3) is 0.357.